The molecule has 2 aromatic heterocycles. The third-order valence-electron chi connectivity index (χ3n) is 3.11. The Hall–Kier alpha value is -1.22. The molecule has 2 heterocycles. The second-order valence-corrected chi connectivity index (χ2v) is 7.39. The second kappa shape index (κ2) is 6.27. The predicted molar refractivity (Wildman–Crippen MR) is 81.6 cm³/mol. The number of rotatable bonds is 6. The van der Waals surface area contributed by atoms with Crippen LogP contribution in [0.15, 0.2) is 22.5 Å². The van der Waals surface area contributed by atoms with E-state index in [0.717, 1.165) is 10.7 Å². The van der Waals surface area contributed by atoms with E-state index in [1.807, 2.05) is 19.2 Å². The summed E-state index contributed by atoms with van der Waals surface area (Å²) in [5, 5.41) is 11.9. The smallest absolute Gasteiger partial charge is 0.242 e. The van der Waals surface area contributed by atoms with Crippen molar-refractivity contribution in [2.75, 3.05) is 0 Å². The molecule has 0 aliphatic heterocycles. The molecule has 0 amide bonds. The minimum Gasteiger partial charge on any atom is -0.390 e. The van der Waals surface area contributed by atoms with E-state index in [2.05, 4.69) is 9.71 Å². The number of hydrogen-bond acceptors (Lipinski definition) is 5. The van der Waals surface area contributed by atoms with Crippen LogP contribution in [0.1, 0.15) is 36.3 Å². The number of thiazole rings is 1. The number of hydrogen-bond donors (Lipinski definition) is 2. The highest BCUT2D eigenvalue weighted by Gasteiger charge is 2.22. The van der Waals surface area contributed by atoms with Gasteiger partial charge in [0.1, 0.15) is 5.01 Å². The Balaban J connectivity index is 2.24. The van der Waals surface area contributed by atoms with E-state index in [4.69, 9.17) is 0 Å². The van der Waals surface area contributed by atoms with Crippen molar-refractivity contribution in [3.05, 3.63) is 34.0 Å². The van der Waals surface area contributed by atoms with Crippen LogP contribution >= 0.6 is 11.3 Å². The summed E-state index contributed by atoms with van der Waals surface area (Å²) in [5.41, 5.74) is 1.45. The molecule has 1 atom stereocenters. The Kier molecular flexibility index (Phi) is 4.82. The van der Waals surface area contributed by atoms with Crippen molar-refractivity contribution in [3.8, 4) is 0 Å². The highest BCUT2D eigenvalue weighted by molar-refractivity contribution is 7.89. The molecule has 0 spiro atoms. The molecule has 2 N–H and O–H groups in total. The van der Waals surface area contributed by atoms with Gasteiger partial charge >= 0.3 is 0 Å². The quantitative estimate of drug-likeness (QED) is 0.846. The van der Waals surface area contributed by atoms with Crippen LogP contribution in [0, 0.1) is 6.92 Å². The zero-order valence-electron chi connectivity index (χ0n) is 12.2. The standard InChI is InChI=1S/C13H19N3O3S2/c1-4-16-6-12(5-11(16)7-17)21(18,19)15-10(3)13-14-9(2)8-20-13/h5-6,8,10,15,17H,4,7H2,1-3H3. The molecule has 2 aromatic rings. The van der Waals surface area contributed by atoms with Gasteiger partial charge in [0.05, 0.1) is 17.5 Å². The molecular weight excluding hydrogens is 310 g/mol. The molecule has 0 bridgehead atoms. The Morgan fingerprint density at radius 1 is 1.52 bits per heavy atom. The first-order valence-electron chi connectivity index (χ1n) is 6.61. The van der Waals surface area contributed by atoms with E-state index in [1.54, 1.807) is 11.5 Å². The maximum Gasteiger partial charge on any atom is 0.242 e. The molecule has 0 fully saturated rings. The molecule has 2 rings (SSSR count). The molecule has 6 nitrogen and oxygen atoms in total. The lowest BCUT2D eigenvalue weighted by Gasteiger charge is -2.10. The van der Waals surface area contributed by atoms with Crippen molar-refractivity contribution in [1.82, 2.24) is 14.3 Å². The number of aromatic nitrogens is 2. The summed E-state index contributed by atoms with van der Waals surface area (Å²) in [4.78, 5) is 4.45. The minimum atomic E-state index is -3.64. The van der Waals surface area contributed by atoms with E-state index in [-0.39, 0.29) is 11.5 Å². The molecule has 1 unspecified atom stereocenters. The second-order valence-electron chi connectivity index (χ2n) is 4.78. The average molecular weight is 329 g/mol. The molecule has 0 aliphatic rings. The zero-order chi connectivity index (χ0) is 15.6. The molecule has 0 radical (unpaired) electrons. The van der Waals surface area contributed by atoms with Crippen LogP contribution in [0.5, 0.6) is 0 Å². The summed E-state index contributed by atoms with van der Waals surface area (Å²) in [5.74, 6) is 0. The van der Waals surface area contributed by atoms with Crippen LogP contribution in [0.4, 0.5) is 0 Å². The Morgan fingerprint density at radius 2 is 2.24 bits per heavy atom. The predicted octanol–water partition coefficient (Wildman–Crippen LogP) is 1.80. The maximum absolute atomic E-state index is 12.4. The van der Waals surface area contributed by atoms with Gasteiger partial charge in [0.15, 0.2) is 0 Å². The van der Waals surface area contributed by atoms with Gasteiger partial charge in [0.25, 0.3) is 0 Å². The van der Waals surface area contributed by atoms with Crippen LogP contribution in [0.25, 0.3) is 0 Å². The van der Waals surface area contributed by atoms with E-state index < -0.39 is 16.1 Å². The Labute approximate surface area is 128 Å². The number of aryl methyl sites for hydroxylation is 2. The fourth-order valence-corrected chi connectivity index (χ4v) is 4.17. The zero-order valence-corrected chi connectivity index (χ0v) is 13.8. The van der Waals surface area contributed by atoms with Gasteiger partial charge in [-0.25, -0.2) is 18.1 Å². The van der Waals surface area contributed by atoms with Gasteiger partial charge in [-0.05, 0) is 26.8 Å². The Morgan fingerprint density at radius 3 is 2.71 bits per heavy atom. The van der Waals surface area contributed by atoms with Crippen molar-refractivity contribution >= 4 is 21.4 Å². The van der Waals surface area contributed by atoms with Crippen molar-refractivity contribution in [3.63, 3.8) is 0 Å². The first-order chi connectivity index (χ1) is 9.87. The molecule has 0 saturated carbocycles. The van der Waals surface area contributed by atoms with Gasteiger partial charge < -0.3 is 9.67 Å². The number of aliphatic hydroxyl groups excluding tert-OH is 1. The Bertz CT molecular complexity index is 697. The molecule has 8 heteroatoms. The summed E-state index contributed by atoms with van der Waals surface area (Å²) >= 11 is 1.43. The van der Waals surface area contributed by atoms with Crippen molar-refractivity contribution in [2.45, 2.75) is 44.9 Å². The van der Waals surface area contributed by atoms with Gasteiger partial charge in [-0.2, -0.15) is 0 Å². The third-order valence-corrected chi connectivity index (χ3v) is 5.77. The lowest BCUT2D eigenvalue weighted by atomic mass is 10.4. The lowest BCUT2D eigenvalue weighted by Crippen LogP contribution is -2.26. The van der Waals surface area contributed by atoms with E-state index in [1.165, 1.54) is 23.6 Å². The largest absolute Gasteiger partial charge is 0.390 e. The van der Waals surface area contributed by atoms with Crippen molar-refractivity contribution in [2.24, 2.45) is 0 Å². The SMILES string of the molecule is CCn1cc(S(=O)(=O)NC(C)c2nc(C)cs2)cc1CO. The summed E-state index contributed by atoms with van der Waals surface area (Å²) in [6, 6.07) is 1.10. The summed E-state index contributed by atoms with van der Waals surface area (Å²) < 4.78 is 29.1. The number of aliphatic hydroxyl groups is 1. The highest BCUT2D eigenvalue weighted by Crippen LogP contribution is 2.21. The van der Waals surface area contributed by atoms with E-state index >= 15 is 0 Å². The normalized spacial score (nSPS) is 13.5. The van der Waals surface area contributed by atoms with Crippen molar-refractivity contribution in [1.29, 1.82) is 0 Å². The first-order valence-corrected chi connectivity index (χ1v) is 8.98. The van der Waals surface area contributed by atoms with E-state index in [0.29, 0.717) is 12.2 Å². The van der Waals surface area contributed by atoms with Crippen LogP contribution in [0.2, 0.25) is 0 Å². The first kappa shape index (κ1) is 16.2. The number of nitrogens with zero attached hydrogens (tertiary/aromatic N) is 2. The lowest BCUT2D eigenvalue weighted by molar-refractivity contribution is 0.271. The maximum atomic E-state index is 12.4. The minimum absolute atomic E-state index is 0.161. The summed E-state index contributed by atoms with van der Waals surface area (Å²) in [7, 11) is -3.64. The van der Waals surface area contributed by atoms with Gasteiger partial charge in [-0.3, -0.25) is 0 Å². The van der Waals surface area contributed by atoms with Crippen LogP contribution in [-0.2, 0) is 23.2 Å². The molecule has 21 heavy (non-hydrogen) atoms. The van der Waals surface area contributed by atoms with Gasteiger partial charge in [-0.1, -0.05) is 0 Å². The fraction of sp³-hybridized carbons (Fsp3) is 0.462. The molecule has 116 valence electrons. The molecule has 0 aliphatic carbocycles. The fourth-order valence-electron chi connectivity index (χ4n) is 2.02. The topological polar surface area (TPSA) is 84.2 Å². The van der Waals surface area contributed by atoms with E-state index in [9.17, 15) is 13.5 Å². The van der Waals surface area contributed by atoms with Crippen LogP contribution in [-0.4, -0.2) is 23.1 Å². The molecule has 0 saturated heterocycles. The van der Waals surface area contributed by atoms with Crippen LogP contribution in [0.3, 0.4) is 0 Å². The van der Waals surface area contributed by atoms with Gasteiger partial charge in [0, 0.05) is 29.5 Å². The van der Waals surface area contributed by atoms with Gasteiger partial charge in [-0.15, -0.1) is 11.3 Å². The number of nitrogens with one attached hydrogen (secondary N) is 1. The summed E-state index contributed by atoms with van der Waals surface area (Å²) in [6.07, 6.45) is 1.54. The third kappa shape index (κ3) is 3.52. The number of sulfonamides is 1. The monoisotopic (exact) mass is 329 g/mol. The molecule has 0 aromatic carbocycles. The average Bonchev–Trinajstić information content (AvgIpc) is 3.03. The van der Waals surface area contributed by atoms with Gasteiger partial charge in [0.2, 0.25) is 10.0 Å². The molecular formula is C13H19N3O3S2. The van der Waals surface area contributed by atoms with Crippen molar-refractivity contribution < 1.29 is 13.5 Å². The van der Waals surface area contributed by atoms with Crippen LogP contribution < -0.4 is 4.72 Å². The summed E-state index contributed by atoms with van der Waals surface area (Å²) in [6.45, 7) is 5.94. The highest BCUT2D eigenvalue weighted by atomic mass is 32.2.